The monoisotopic (exact) mass is 592 g/mol. The van der Waals surface area contributed by atoms with Crippen LogP contribution < -0.4 is 10.1 Å². The van der Waals surface area contributed by atoms with Crippen LogP contribution in [0.25, 0.3) is 0 Å². The number of nitrogens with zero attached hydrogens (tertiary/aromatic N) is 1. The second kappa shape index (κ2) is 12.8. The van der Waals surface area contributed by atoms with Crippen molar-refractivity contribution in [3.63, 3.8) is 0 Å². The van der Waals surface area contributed by atoms with Crippen molar-refractivity contribution in [2.45, 2.75) is 51.7 Å². The molecule has 7 heteroatoms. The highest BCUT2D eigenvalue weighted by molar-refractivity contribution is 9.10. The number of benzene rings is 3. The third kappa shape index (κ3) is 7.49. The van der Waals surface area contributed by atoms with Gasteiger partial charge >= 0.3 is 0 Å². The van der Waals surface area contributed by atoms with E-state index in [2.05, 4.69) is 42.0 Å². The van der Waals surface area contributed by atoms with Gasteiger partial charge in [0.2, 0.25) is 5.90 Å². The van der Waals surface area contributed by atoms with Gasteiger partial charge in [0.1, 0.15) is 5.75 Å². The Labute approximate surface area is 239 Å². The van der Waals surface area contributed by atoms with Crippen molar-refractivity contribution in [1.29, 1.82) is 0 Å². The topological polar surface area (TPSA) is 80.2 Å². The summed E-state index contributed by atoms with van der Waals surface area (Å²) in [5.74, 6) is 0.972. The van der Waals surface area contributed by atoms with Gasteiger partial charge in [-0.05, 0) is 59.4 Å². The molecule has 2 atom stereocenters. The Bertz CT molecular complexity index is 1250. The summed E-state index contributed by atoms with van der Waals surface area (Å²) in [7, 11) is 0. The first-order valence-corrected chi connectivity index (χ1v) is 14.2. The van der Waals surface area contributed by atoms with E-state index < -0.39 is 11.6 Å². The largest absolute Gasteiger partial charge is 0.494 e. The average Bonchev–Trinajstić information content (AvgIpc) is 3.30. The molecule has 1 aliphatic heterocycles. The second-order valence-electron chi connectivity index (χ2n) is 11.1. The van der Waals surface area contributed by atoms with Crippen LogP contribution in [0.1, 0.15) is 56.4 Å². The number of carbonyl (C=O) groups is 1. The van der Waals surface area contributed by atoms with Crippen LogP contribution >= 0.6 is 15.9 Å². The van der Waals surface area contributed by atoms with Gasteiger partial charge < -0.3 is 19.9 Å². The highest BCUT2D eigenvalue weighted by atomic mass is 79.9. The highest BCUT2D eigenvalue weighted by Gasteiger charge is 2.53. The number of aliphatic imine (C=N–C) groups is 1. The number of hydrogen-bond acceptors (Lipinski definition) is 5. The number of aliphatic hydroxyl groups excluding tert-OH is 1. The lowest BCUT2D eigenvalue weighted by atomic mass is 9.81. The van der Waals surface area contributed by atoms with Crippen LogP contribution in [0.5, 0.6) is 5.75 Å². The minimum atomic E-state index is -1.20. The van der Waals surface area contributed by atoms with Crippen molar-refractivity contribution in [2.24, 2.45) is 10.4 Å². The molecule has 3 aromatic rings. The van der Waals surface area contributed by atoms with E-state index in [4.69, 9.17) is 19.6 Å². The Hall–Kier alpha value is -3.16. The van der Waals surface area contributed by atoms with Crippen LogP contribution in [-0.2, 0) is 16.0 Å². The summed E-state index contributed by atoms with van der Waals surface area (Å²) < 4.78 is 13.2. The maximum absolute atomic E-state index is 14.1. The molecule has 3 aromatic carbocycles. The van der Waals surface area contributed by atoms with E-state index >= 15 is 0 Å². The zero-order valence-corrected chi connectivity index (χ0v) is 24.4. The van der Waals surface area contributed by atoms with E-state index in [0.29, 0.717) is 37.6 Å². The van der Waals surface area contributed by atoms with Gasteiger partial charge in [0.25, 0.3) is 5.91 Å². The molecule has 0 saturated heterocycles. The lowest BCUT2D eigenvalue weighted by Gasteiger charge is -2.31. The lowest BCUT2D eigenvalue weighted by molar-refractivity contribution is -0.129. The lowest BCUT2D eigenvalue weighted by Crippen LogP contribution is -2.50. The molecule has 0 spiro atoms. The summed E-state index contributed by atoms with van der Waals surface area (Å²) >= 11 is 3.52. The number of aliphatic hydroxyl groups is 1. The van der Waals surface area contributed by atoms with Crippen LogP contribution in [-0.4, -0.2) is 42.2 Å². The molecule has 0 saturated carbocycles. The molecule has 0 aliphatic carbocycles. The predicted molar refractivity (Wildman–Crippen MR) is 158 cm³/mol. The van der Waals surface area contributed by atoms with Crippen molar-refractivity contribution in [3.05, 3.63) is 100 Å². The van der Waals surface area contributed by atoms with Gasteiger partial charge in [0, 0.05) is 36.0 Å². The van der Waals surface area contributed by atoms with Gasteiger partial charge in [-0.25, -0.2) is 4.99 Å². The fourth-order valence-corrected chi connectivity index (χ4v) is 4.80. The van der Waals surface area contributed by atoms with Crippen LogP contribution in [0.4, 0.5) is 0 Å². The third-order valence-corrected chi connectivity index (χ3v) is 7.21. The summed E-state index contributed by atoms with van der Waals surface area (Å²) in [5.41, 5.74) is 1.55. The number of hydrogen-bond donors (Lipinski definition) is 2. The Kier molecular flexibility index (Phi) is 9.46. The Morgan fingerprint density at radius 3 is 2.38 bits per heavy atom. The summed E-state index contributed by atoms with van der Waals surface area (Å²) in [6.07, 6.45) is 1.19. The first-order valence-electron chi connectivity index (χ1n) is 13.4. The summed E-state index contributed by atoms with van der Waals surface area (Å²) in [6, 6.07) is 25.3. The molecule has 0 aromatic heterocycles. The quantitative estimate of drug-likeness (QED) is 0.257. The van der Waals surface area contributed by atoms with E-state index in [1.165, 1.54) is 0 Å². The summed E-state index contributed by atoms with van der Waals surface area (Å²) in [4.78, 5) is 19.2. The third-order valence-electron chi connectivity index (χ3n) is 6.68. The smallest absolute Gasteiger partial charge is 0.252 e. The van der Waals surface area contributed by atoms with Gasteiger partial charge in [0.05, 0.1) is 6.61 Å². The van der Waals surface area contributed by atoms with Crippen molar-refractivity contribution in [2.75, 3.05) is 19.8 Å². The fourth-order valence-electron chi connectivity index (χ4n) is 4.53. The second-order valence-corrected chi connectivity index (χ2v) is 12.0. The molecule has 0 unspecified atom stereocenters. The van der Waals surface area contributed by atoms with E-state index in [9.17, 15) is 4.79 Å². The Morgan fingerprint density at radius 1 is 1.05 bits per heavy atom. The van der Waals surface area contributed by atoms with Gasteiger partial charge in [-0.2, -0.15) is 0 Å². The first-order chi connectivity index (χ1) is 18.7. The van der Waals surface area contributed by atoms with Gasteiger partial charge in [-0.15, -0.1) is 0 Å². The van der Waals surface area contributed by atoms with Crippen molar-refractivity contribution in [1.82, 2.24) is 5.32 Å². The molecular formula is C32H37BrN2O4. The first kappa shape index (κ1) is 28.8. The number of rotatable bonds is 11. The molecule has 4 rings (SSSR count). The predicted octanol–water partition coefficient (Wildman–Crippen LogP) is 6.26. The van der Waals surface area contributed by atoms with E-state index in [-0.39, 0.29) is 17.9 Å². The van der Waals surface area contributed by atoms with E-state index in [0.717, 1.165) is 27.6 Å². The van der Waals surface area contributed by atoms with Crippen LogP contribution in [0, 0.1) is 5.41 Å². The SMILES string of the molecule is CC(C)(C)CCNC(=O)[C@]1(Cc2ccccc2)N=C(c2ccc(OCCCO)cc2)O[C@@H]1c1ccc(Br)cc1. The Morgan fingerprint density at radius 2 is 1.74 bits per heavy atom. The number of ether oxygens (including phenoxy) is 2. The fraction of sp³-hybridized carbons (Fsp3) is 0.375. The molecule has 0 bridgehead atoms. The maximum atomic E-state index is 14.1. The molecule has 6 nitrogen and oxygen atoms in total. The van der Waals surface area contributed by atoms with Crippen LogP contribution in [0.3, 0.4) is 0 Å². The molecule has 1 heterocycles. The number of nitrogens with one attached hydrogen (secondary N) is 1. The number of halogens is 1. The zero-order chi connectivity index (χ0) is 27.9. The highest BCUT2D eigenvalue weighted by Crippen LogP contribution is 2.43. The minimum Gasteiger partial charge on any atom is -0.494 e. The number of carbonyl (C=O) groups excluding carboxylic acids is 1. The van der Waals surface area contributed by atoms with Crippen molar-refractivity contribution in [3.8, 4) is 5.75 Å². The molecule has 2 N–H and O–H groups in total. The van der Waals surface area contributed by atoms with E-state index in [1.807, 2.05) is 78.9 Å². The summed E-state index contributed by atoms with van der Waals surface area (Å²) in [6.45, 7) is 7.56. The van der Waals surface area contributed by atoms with E-state index in [1.54, 1.807) is 0 Å². The molecular weight excluding hydrogens is 556 g/mol. The summed E-state index contributed by atoms with van der Waals surface area (Å²) in [5, 5.41) is 12.2. The molecule has 1 amide bonds. The zero-order valence-electron chi connectivity index (χ0n) is 22.8. The molecule has 1 aliphatic rings. The normalized spacial score (nSPS) is 18.8. The maximum Gasteiger partial charge on any atom is 0.252 e. The average molecular weight is 594 g/mol. The molecule has 0 fully saturated rings. The van der Waals surface area contributed by atoms with Crippen LogP contribution in [0.15, 0.2) is 88.3 Å². The standard InChI is InChI=1S/C32H37BrN2O4/c1-31(2,3)18-19-34-30(37)32(22-23-8-5-4-6-9-23)28(24-10-14-26(33)15-11-24)39-29(35-32)25-12-16-27(17-13-25)38-21-7-20-36/h4-6,8-17,28,36H,7,18-22H2,1-3H3,(H,34,37)/t28-,32-/m1/s1. The minimum absolute atomic E-state index is 0.0848. The van der Waals surface area contributed by atoms with Gasteiger partial charge in [-0.3, -0.25) is 4.79 Å². The molecule has 206 valence electrons. The Balaban J connectivity index is 1.73. The van der Waals surface area contributed by atoms with Gasteiger partial charge in [-0.1, -0.05) is 79.2 Å². The van der Waals surface area contributed by atoms with Gasteiger partial charge in [0.15, 0.2) is 11.6 Å². The molecule has 39 heavy (non-hydrogen) atoms. The van der Waals surface area contributed by atoms with Crippen molar-refractivity contribution >= 4 is 27.7 Å². The van der Waals surface area contributed by atoms with Crippen LogP contribution in [0.2, 0.25) is 0 Å². The molecule has 0 radical (unpaired) electrons. The van der Waals surface area contributed by atoms with Crippen molar-refractivity contribution < 1.29 is 19.4 Å². The number of amides is 1.